The van der Waals surface area contributed by atoms with Crippen LogP contribution in [0, 0.1) is 37.0 Å². The molecule has 6 rings (SSSR count). The van der Waals surface area contributed by atoms with Gasteiger partial charge in [-0.05, 0) is 93.4 Å². The average Bonchev–Trinajstić information content (AvgIpc) is 3.15. The molecule has 4 aliphatic carbocycles. The van der Waals surface area contributed by atoms with Crippen LogP contribution >= 0.6 is 11.3 Å². The summed E-state index contributed by atoms with van der Waals surface area (Å²) in [6, 6.07) is 5.63. The van der Waals surface area contributed by atoms with Crippen molar-refractivity contribution in [1.29, 1.82) is 0 Å². The molecule has 1 heterocycles. The fourth-order valence-corrected chi connectivity index (χ4v) is 8.60. The molecule has 0 spiro atoms. The third-order valence-corrected chi connectivity index (χ3v) is 10.3. The van der Waals surface area contributed by atoms with E-state index in [1.165, 1.54) is 30.6 Å². The van der Waals surface area contributed by atoms with Gasteiger partial charge >= 0.3 is 0 Å². The number of carbonyl (C=O) groups is 1. The molecule has 4 aliphatic rings. The number of rotatable bonds is 5. The summed E-state index contributed by atoms with van der Waals surface area (Å²) in [5.41, 5.74) is 2.23. The standard InChI is InChI=1S/C22H28N4O3S2/c1-13-4-14(2)6-18(5-13)26(3)31(28,29)21-25-24-20(30-21)23-19(27)22-10-15-7-16(11-22)9-17(8-15)12-22/h4-6,15-17H,7-12H2,1-3H3,(H,23,24,27). The molecular formula is C22H28N4O3S2. The van der Waals surface area contributed by atoms with Gasteiger partial charge in [-0.3, -0.25) is 9.10 Å². The van der Waals surface area contributed by atoms with E-state index in [9.17, 15) is 13.2 Å². The van der Waals surface area contributed by atoms with Crippen LogP contribution in [-0.2, 0) is 14.8 Å². The SMILES string of the molecule is Cc1cc(C)cc(N(C)S(=O)(=O)c2nnc(NC(=O)C34CC5CC(CC(C5)C3)C4)s2)c1. The number of nitrogens with zero attached hydrogens (tertiary/aromatic N) is 3. The van der Waals surface area contributed by atoms with Crippen LogP contribution in [0.25, 0.3) is 0 Å². The van der Waals surface area contributed by atoms with Gasteiger partial charge in [0, 0.05) is 7.05 Å². The minimum atomic E-state index is -3.86. The summed E-state index contributed by atoms with van der Waals surface area (Å²) in [6.07, 6.45) is 6.63. The van der Waals surface area contributed by atoms with Crippen molar-refractivity contribution in [2.75, 3.05) is 16.7 Å². The normalized spacial score (nSPS) is 29.2. The van der Waals surface area contributed by atoms with Crippen molar-refractivity contribution in [3.8, 4) is 0 Å². The van der Waals surface area contributed by atoms with Crippen LogP contribution in [0.2, 0.25) is 0 Å². The molecule has 1 aromatic heterocycles. The number of hydrogen-bond acceptors (Lipinski definition) is 6. The number of anilines is 2. The fourth-order valence-electron chi connectivity index (χ4n) is 6.37. The van der Waals surface area contributed by atoms with Crippen molar-refractivity contribution in [1.82, 2.24) is 10.2 Å². The largest absolute Gasteiger partial charge is 0.300 e. The topological polar surface area (TPSA) is 92.3 Å². The van der Waals surface area contributed by atoms with E-state index in [0.29, 0.717) is 23.4 Å². The van der Waals surface area contributed by atoms with E-state index < -0.39 is 10.0 Å². The van der Waals surface area contributed by atoms with Crippen molar-refractivity contribution < 1.29 is 13.2 Å². The second-order valence-corrected chi connectivity index (χ2v) is 13.0. The van der Waals surface area contributed by atoms with Crippen molar-refractivity contribution in [3.63, 3.8) is 0 Å². The first kappa shape index (κ1) is 20.9. The minimum absolute atomic E-state index is 0.00522. The summed E-state index contributed by atoms with van der Waals surface area (Å²) in [7, 11) is -2.35. The molecule has 1 aromatic carbocycles. The van der Waals surface area contributed by atoms with E-state index in [1.54, 1.807) is 0 Å². The summed E-state index contributed by atoms with van der Waals surface area (Å²) in [6.45, 7) is 3.86. The first-order valence-corrected chi connectivity index (χ1v) is 13.1. The summed E-state index contributed by atoms with van der Waals surface area (Å²) in [5.74, 6) is 1.98. The lowest BCUT2D eigenvalue weighted by atomic mass is 9.49. The van der Waals surface area contributed by atoms with E-state index in [2.05, 4.69) is 15.5 Å². The summed E-state index contributed by atoms with van der Waals surface area (Å²) < 4.78 is 27.3. The molecule has 0 radical (unpaired) electrons. The molecule has 1 N–H and O–H groups in total. The molecule has 9 heteroatoms. The molecule has 0 aliphatic heterocycles. The third-order valence-electron chi connectivity index (χ3n) is 7.30. The van der Waals surface area contributed by atoms with Crippen molar-refractivity contribution in [3.05, 3.63) is 29.3 Å². The number of hydrogen-bond donors (Lipinski definition) is 1. The van der Waals surface area contributed by atoms with Gasteiger partial charge in [0.2, 0.25) is 11.0 Å². The fraction of sp³-hybridized carbons (Fsp3) is 0.591. The zero-order valence-corrected chi connectivity index (χ0v) is 19.7. The Balaban J connectivity index is 1.34. The number of sulfonamides is 1. The molecule has 4 fully saturated rings. The quantitative estimate of drug-likeness (QED) is 0.677. The van der Waals surface area contributed by atoms with E-state index in [-0.39, 0.29) is 20.8 Å². The number of carbonyl (C=O) groups excluding carboxylic acids is 1. The van der Waals surface area contributed by atoms with Crippen LogP contribution in [0.15, 0.2) is 22.5 Å². The number of aryl methyl sites for hydroxylation is 2. The van der Waals surface area contributed by atoms with Gasteiger partial charge in [-0.2, -0.15) is 8.42 Å². The second kappa shape index (κ2) is 7.27. The summed E-state index contributed by atoms with van der Waals surface area (Å²) in [5, 5.41) is 11.1. The molecule has 0 saturated heterocycles. The molecule has 31 heavy (non-hydrogen) atoms. The van der Waals surface area contributed by atoms with Crippen LogP contribution in [0.3, 0.4) is 0 Å². The van der Waals surface area contributed by atoms with Crippen molar-refractivity contribution in [2.24, 2.45) is 23.2 Å². The first-order valence-electron chi connectivity index (χ1n) is 10.9. The Bertz CT molecular complexity index is 1090. The Morgan fingerprint density at radius 2 is 1.58 bits per heavy atom. The molecule has 166 valence electrons. The van der Waals surface area contributed by atoms with Crippen molar-refractivity contribution >= 4 is 38.1 Å². The van der Waals surface area contributed by atoms with Crippen LogP contribution in [-0.4, -0.2) is 31.6 Å². The Labute approximate surface area is 187 Å². The van der Waals surface area contributed by atoms with Crippen LogP contribution in [0.4, 0.5) is 10.8 Å². The molecule has 0 atom stereocenters. The molecule has 4 bridgehead atoms. The van der Waals surface area contributed by atoms with Gasteiger partial charge in [0.25, 0.3) is 14.4 Å². The predicted octanol–water partition coefficient (Wildman–Crippen LogP) is 4.13. The lowest BCUT2D eigenvalue weighted by Gasteiger charge is -2.55. The Morgan fingerprint density at radius 3 is 2.13 bits per heavy atom. The van der Waals surface area contributed by atoms with Crippen molar-refractivity contribution in [2.45, 2.75) is 56.7 Å². The molecule has 7 nitrogen and oxygen atoms in total. The highest BCUT2D eigenvalue weighted by atomic mass is 32.2. The van der Waals surface area contributed by atoms with Crippen LogP contribution in [0.1, 0.15) is 49.7 Å². The zero-order valence-electron chi connectivity index (χ0n) is 18.1. The van der Waals surface area contributed by atoms with E-state index in [4.69, 9.17) is 0 Å². The smallest absolute Gasteiger partial charge is 0.293 e. The van der Waals surface area contributed by atoms with E-state index in [1.807, 2.05) is 32.0 Å². The molecule has 0 unspecified atom stereocenters. The number of amides is 1. The van der Waals surface area contributed by atoms with Gasteiger partial charge in [-0.25, -0.2) is 0 Å². The highest BCUT2D eigenvalue weighted by Gasteiger charge is 2.54. The van der Waals surface area contributed by atoms with Gasteiger partial charge < -0.3 is 5.32 Å². The van der Waals surface area contributed by atoms with Crippen LogP contribution in [0.5, 0.6) is 0 Å². The summed E-state index contributed by atoms with van der Waals surface area (Å²) in [4.78, 5) is 13.2. The molecule has 2 aromatic rings. The van der Waals surface area contributed by atoms with Gasteiger partial charge in [0.1, 0.15) is 0 Å². The van der Waals surface area contributed by atoms with Crippen LogP contribution < -0.4 is 9.62 Å². The van der Waals surface area contributed by atoms with Gasteiger partial charge in [0.15, 0.2) is 0 Å². The third kappa shape index (κ3) is 3.65. The Kier molecular flexibility index (Phi) is 4.89. The van der Waals surface area contributed by atoms with Gasteiger partial charge in [-0.15, -0.1) is 10.2 Å². The highest BCUT2D eigenvalue weighted by Crippen LogP contribution is 2.60. The minimum Gasteiger partial charge on any atom is -0.300 e. The predicted molar refractivity (Wildman–Crippen MR) is 121 cm³/mol. The maximum Gasteiger partial charge on any atom is 0.293 e. The maximum atomic E-state index is 13.2. The molecular weight excluding hydrogens is 432 g/mol. The lowest BCUT2D eigenvalue weighted by molar-refractivity contribution is -0.140. The Morgan fingerprint density at radius 1 is 1.03 bits per heavy atom. The first-order chi connectivity index (χ1) is 14.6. The second-order valence-electron chi connectivity index (χ2n) is 9.84. The molecule has 1 amide bonds. The maximum absolute atomic E-state index is 13.2. The molecule has 4 saturated carbocycles. The number of nitrogens with one attached hydrogen (secondary N) is 1. The Hall–Kier alpha value is -2.00. The van der Waals surface area contributed by atoms with E-state index in [0.717, 1.165) is 41.7 Å². The van der Waals surface area contributed by atoms with Gasteiger partial charge in [0.05, 0.1) is 11.1 Å². The average molecular weight is 461 g/mol. The highest BCUT2D eigenvalue weighted by molar-refractivity contribution is 7.94. The monoisotopic (exact) mass is 460 g/mol. The van der Waals surface area contributed by atoms with E-state index >= 15 is 0 Å². The lowest BCUT2D eigenvalue weighted by Crippen LogP contribution is -2.51. The summed E-state index contributed by atoms with van der Waals surface area (Å²) >= 11 is 0.920. The number of aromatic nitrogens is 2. The number of benzene rings is 1. The zero-order chi connectivity index (χ0) is 22.0. The van der Waals surface area contributed by atoms with Gasteiger partial charge in [-0.1, -0.05) is 17.4 Å².